The van der Waals surface area contributed by atoms with Gasteiger partial charge in [0.2, 0.25) is 5.91 Å². The van der Waals surface area contributed by atoms with Crippen molar-refractivity contribution in [2.45, 2.75) is 11.3 Å². The van der Waals surface area contributed by atoms with Crippen LogP contribution < -0.4 is 10.2 Å². The van der Waals surface area contributed by atoms with Crippen LogP contribution in [0.5, 0.6) is 0 Å². The number of piperazine rings is 1. The molecule has 29 heavy (non-hydrogen) atoms. The zero-order chi connectivity index (χ0) is 20.7. The fraction of sp³-hybridized carbons (Fsp3) is 0.381. The summed E-state index contributed by atoms with van der Waals surface area (Å²) in [6, 6.07) is 14.9. The molecule has 3 rings (SSSR count). The van der Waals surface area contributed by atoms with Crippen molar-refractivity contribution < 1.29 is 17.6 Å². The molecule has 156 valence electrons. The van der Waals surface area contributed by atoms with Gasteiger partial charge in [0.25, 0.3) is 0 Å². The number of anilines is 1. The van der Waals surface area contributed by atoms with E-state index in [1.165, 1.54) is 18.2 Å². The maximum atomic E-state index is 13.9. The van der Waals surface area contributed by atoms with Crippen LogP contribution in [0.25, 0.3) is 0 Å². The molecule has 8 heteroatoms. The van der Waals surface area contributed by atoms with E-state index in [9.17, 15) is 17.6 Å². The van der Waals surface area contributed by atoms with Crippen LogP contribution in [0.4, 0.5) is 10.1 Å². The minimum absolute atomic E-state index is 0.0573. The molecule has 2 aromatic carbocycles. The number of carbonyl (C=O) groups is 1. The van der Waals surface area contributed by atoms with Crippen LogP contribution in [0.2, 0.25) is 0 Å². The van der Waals surface area contributed by atoms with Crippen molar-refractivity contribution in [3.63, 3.8) is 0 Å². The lowest BCUT2D eigenvalue weighted by molar-refractivity contribution is -0.120. The van der Waals surface area contributed by atoms with Crippen molar-refractivity contribution in [3.8, 4) is 0 Å². The Kier molecular flexibility index (Phi) is 7.22. The lowest BCUT2D eigenvalue weighted by Gasteiger charge is -2.36. The third-order valence-electron chi connectivity index (χ3n) is 5.02. The summed E-state index contributed by atoms with van der Waals surface area (Å²) >= 11 is 0. The number of carbonyl (C=O) groups excluding carboxylic acids is 1. The number of halogens is 1. The highest BCUT2D eigenvalue weighted by Crippen LogP contribution is 2.20. The molecule has 1 N–H and O–H groups in total. The number of nitrogens with one attached hydrogen (secondary N) is 1. The van der Waals surface area contributed by atoms with Gasteiger partial charge < -0.3 is 10.2 Å². The summed E-state index contributed by atoms with van der Waals surface area (Å²) in [6.07, 6.45) is -0.0573. The van der Waals surface area contributed by atoms with Crippen molar-refractivity contribution in [2.75, 3.05) is 49.9 Å². The highest BCUT2D eigenvalue weighted by molar-refractivity contribution is 7.91. The highest BCUT2D eigenvalue weighted by Gasteiger charge is 2.19. The van der Waals surface area contributed by atoms with E-state index in [4.69, 9.17) is 0 Å². The predicted molar refractivity (Wildman–Crippen MR) is 111 cm³/mol. The van der Waals surface area contributed by atoms with Crippen molar-refractivity contribution in [1.29, 1.82) is 0 Å². The molecule has 0 aromatic heterocycles. The maximum absolute atomic E-state index is 13.9. The Morgan fingerprint density at radius 1 is 0.966 bits per heavy atom. The van der Waals surface area contributed by atoms with Crippen LogP contribution in [0.15, 0.2) is 59.5 Å². The molecule has 1 aliphatic rings. The molecule has 1 amide bonds. The summed E-state index contributed by atoms with van der Waals surface area (Å²) in [6.45, 7) is 4.17. The second-order valence-electron chi connectivity index (χ2n) is 7.01. The third-order valence-corrected chi connectivity index (χ3v) is 6.75. The lowest BCUT2D eigenvalue weighted by atomic mass is 10.2. The van der Waals surface area contributed by atoms with Crippen molar-refractivity contribution in [3.05, 3.63) is 60.4 Å². The first-order valence-corrected chi connectivity index (χ1v) is 11.4. The molecule has 1 fully saturated rings. The van der Waals surface area contributed by atoms with Gasteiger partial charge in [-0.2, -0.15) is 0 Å². The Morgan fingerprint density at radius 3 is 2.31 bits per heavy atom. The smallest absolute Gasteiger partial charge is 0.221 e. The number of hydrogen-bond donors (Lipinski definition) is 1. The Hall–Kier alpha value is -2.45. The van der Waals surface area contributed by atoms with Crippen LogP contribution in [0, 0.1) is 5.82 Å². The zero-order valence-corrected chi connectivity index (χ0v) is 17.1. The Labute approximate surface area is 171 Å². The Bertz CT molecular complexity index is 914. The molecule has 0 saturated carbocycles. The first kappa shape index (κ1) is 21.3. The molecule has 0 aliphatic carbocycles. The molecule has 1 aliphatic heterocycles. The molecule has 0 unspecified atom stereocenters. The number of hydrogen-bond acceptors (Lipinski definition) is 5. The molecule has 1 heterocycles. The zero-order valence-electron chi connectivity index (χ0n) is 16.3. The van der Waals surface area contributed by atoms with Gasteiger partial charge in [0.15, 0.2) is 9.84 Å². The van der Waals surface area contributed by atoms with Gasteiger partial charge >= 0.3 is 0 Å². The van der Waals surface area contributed by atoms with Crippen molar-refractivity contribution in [2.24, 2.45) is 0 Å². The number of nitrogens with zero attached hydrogens (tertiary/aromatic N) is 2. The molecule has 0 bridgehead atoms. The lowest BCUT2D eigenvalue weighted by Crippen LogP contribution is -2.48. The van der Waals surface area contributed by atoms with E-state index in [-0.39, 0.29) is 28.8 Å². The number of rotatable bonds is 8. The molecular formula is C21H26FN3O3S. The first-order valence-electron chi connectivity index (χ1n) is 9.72. The van der Waals surface area contributed by atoms with Gasteiger partial charge in [0.1, 0.15) is 5.82 Å². The summed E-state index contributed by atoms with van der Waals surface area (Å²) in [5.74, 6) is -0.683. The summed E-state index contributed by atoms with van der Waals surface area (Å²) in [5, 5.41) is 2.79. The maximum Gasteiger partial charge on any atom is 0.221 e. The van der Waals surface area contributed by atoms with Crippen LogP contribution in [-0.4, -0.2) is 64.2 Å². The average Bonchev–Trinajstić information content (AvgIpc) is 2.74. The van der Waals surface area contributed by atoms with Crippen LogP contribution in [0.3, 0.4) is 0 Å². The van der Waals surface area contributed by atoms with Gasteiger partial charge in [-0.25, -0.2) is 12.8 Å². The predicted octanol–water partition coefficient (Wildman–Crippen LogP) is 1.93. The van der Waals surface area contributed by atoms with Gasteiger partial charge in [-0.3, -0.25) is 9.69 Å². The summed E-state index contributed by atoms with van der Waals surface area (Å²) in [5.41, 5.74) is 0.625. The molecule has 0 atom stereocenters. The minimum atomic E-state index is -3.44. The molecule has 0 radical (unpaired) electrons. The molecule has 6 nitrogen and oxygen atoms in total. The Balaban J connectivity index is 1.35. The third kappa shape index (κ3) is 6.01. The van der Waals surface area contributed by atoms with E-state index in [1.807, 2.05) is 11.0 Å². The molecule has 1 saturated heterocycles. The normalized spacial score (nSPS) is 15.3. The summed E-state index contributed by atoms with van der Waals surface area (Å²) in [4.78, 5) is 16.5. The Morgan fingerprint density at radius 2 is 1.62 bits per heavy atom. The highest BCUT2D eigenvalue weighted by atomic mass is 32.2. The SMILES string of the molecule is O=C(CCS(=O)(=O)c1ccccc1)NCCN1CCN(c2ccccc2F)CC1. The fourth-order valence-electron chi connectivity index (χ4n) is 3.34. The summed E-state index contributed by atoms with van der Waals surface area (Å²) in [7, 11) is -3.44. The van der Waals surface area contributed by atoms with Gasteiger partial charge in [-0.1, -0.05) is 30.3 Å². The minimum Gasteiger partial charge on any atom is -0.367 e. The quantitative estimate of drug-likeness (QED) is 0.708. The summed E-state index contributed by atoms with van der Waals surface area (Å²) < 4.78 is 38.3. The van der Waals surface area contributed by atoms with Crippen LogP contribution in [0.1, 0.15) is 6.42 Å². The first-order chi connectivity index (χ1) is 14.0. The van der Waals surface area contributed by atoms with E-state index in [2.05, 4.69) is 10.2 Å². The monoisotopic (exact) mass is 419 g/mol. The van der Waals surface area contributed by atoms with E-state index >= 15 is 0 Å². The fourth-order valence-corrected chi connectivity index (χ4v) is 4.60. The van der Waals surface area contributed by atoms with Crippen LogP contribution >= 0.6 is 0 Å². The molecular weight excluding hydrogens is 393 g/mol. The second-order valence-corrected chi connectivity index (χ2v) is 9.12. The van der Waals surface area contributed by atoms with E-state index < -0.39 is 9.84 Å². The topological polar surface area (TPSA) is 69.7 Å². The number of para-hydroxylation sites is 1. The van der Waals surface area contributed by atoms with Gasteiger partial charge in [0.05, 0.1) is 16.3 Å². The van der Waals surface area contributed by atoms with E-state index in [1.54, 1.807) is 30.3 Å². The van der Waals surface area contributed by atoms with Gasteiger partial charge in [-0.05, 0) is 24.3 Å². The molecule has 2 aromatic rings. The van der Waals surface area contributed by atoms with Gasteiger partial charge in [0, 0.05) is 45.7 Å². The van der Waals surface area contributed by atoms with Crippen molar-refractivity contribution in [1.82, 2.24) is 10.2 Å². The number of sulfone groups is 1. The number of benzene rings is 2. The van der Waals surface area contributed by atoms with E-state index in [0.717, 1.165) is 26.2 Å². The van der Waals surface area contributed by atoms with E-state index in [0.29, 0.717) is 18.8 Å². The van der Waals surface area contributed by atoms with Gasteiger partial charge in [-0.15, -0.1) is 0 Å². The van der Waals surface area contributed by atoms with Crippen LogP contribution in [-0.2, 0) is 14.6 Å². The largest absolute Gasteiger partial charge is 0.367 e. The average molecular weight is 420 g/mol. The second kappa shape index (κ2) is 9.84. The number of amides is 1. The molecule has 0 spiro atoms. The van der Waals surface area contributed by atoms with Crippen molar-refractivity contribution >= 4 is 21.4 Å². The standard InChI is InChI=1S/C21H26FN3O3S/c22-19-8-4-5-9-20(19)25-15-13-24(14-16-25)12-11-23-21(26)10-17-29(27,28)18-6-2-1-3-7-18/h1-9H,10-17H2,(H,23,26).